The maximum atomic E-state index is 12.7. The molecule has 3 aromatic rings. The van der Waals surface area contributed by atoms with E-state index in [1.807, 2.05) is 6.07 Å². The van der Waals surface area contributed by atoms with Gasteiger partial charge in [0.1, 0.15) is 0 Å². The third-order valence-corrected chi connectivity index (χ3v) is 7.25. The number of benzene rings is 1. The quantitative estimate of drug-likeness (QED) is 0.622. The van der Waals surface area contributed by atoms with E-state index >= 15 is 0 Å². The lowest BCUT2D eigenvalue weighted by molar-refractivity contribution is 0.0991. The Kier molecular flexibility index (Phi) is 5.06. The summed E-state index contributed by atoms with van der Waals surface area (Å²) in [5.41, 5.74) is 1.31. The maximum absolute atomic E-state index is 12.7. The van der Waals surface area contributed by atoms with Gasteiger partial charge in [0.15, 0.2) is 11.6 Å². The van der Waals surface area contributed by atoms with Crippen LogP contribution in [0.4, 0.5) is 5.69 Å². The van der Waals surface area contributed by atoms with E-state index in [2.05, 4.69) is 20.8 Å². The molecule has 0 unspecified atom stereocenters. The van der Waals surface area contributed by atoms with Crippen LogP contribution < -0.4 is 5.32 Å². The van der Waals surface area contributed by atoms with E-state index < -0.39 is 15.9 Å². The highest BCUT2D eigenvalue weighted by Crippen LogP contribution is 2.36. The van der Waals surface area contributed by atoms with E-state index in [-0.39, 0.29) is 10.9 Å². The molecule has 2 fully saturated rings. The first-order valence-electron chi connectivity index (χ1n) is 10.3. The number of aromatic nitrogens is 4. The normalized spacial score (nSPS) is 17.5. The van der Waals surface area contributed by atoms with E-state index in [9.17, 15) is 13.2 Å². The van der Waals surface area contributed by atoms with Crippen molar-refractivity contribution in [3.05, 3.63) is 42.2 Å². The van der Waals surface area contributed by atoms with Crippen LogP contribution >= 0.6 is 0 Å². The Morgan fingerprint density at radius 3 is 2.68 bits per heavy atom. The molecule has 11 heteroatoms. The molecular weight excluding hydrogens is 420 g/mol. The summed E-state index contributed by atoms with van der Waals surface area (Å²) in [6, 6.07) is 10.2. The zero-order valence-electron chi connectivity index (χ0n) is 16.8. The highest BCUT2D eigenvalue weighted by Gasteiger charge is 2.30. The van der Waals surface area contributed by atoms with Gasteiger partial charge in [-0.2, -0.15) is 4.31 Å². The van der Waals surface area contributed by atoms with Crippen molar-refractivity contribution in [2.24, 2.45) is 0 Å². The Hall–Kier alpha value is -3.05. The lowest BCUT2D eigenvalue weighted by atomic mass is 10.2. The Labute approximate surface area is 179 Å². The predicted molar refractivity (Wildman–Crippen MR) is 111 cm³/mol. The number of furan rings is 1. The van der Waals surface area contributed by atoms with Crippen LogP contribution in [0.1, 0.15) is 48.7 Å². The number of anilines is 1. The summed E-state index contributed by atoms with van der Waals surface area (Å²) in [6.07, 6.45) is 4.77. The molecule has 1 saturated heterocycles. The van der Waals surface area contributed by atoms with Crippen molar-refractivity contribution in [2.75, 3.05) is 18.4 Å². The van der Waals surface area contributed by atoms with Crippen molar-refractivity contribution in [3.8, 4) is 11.4 Å². The second-order valence-electron chi connectivity index (χ2n) is 7.80. The van der Waals surface area contributed by atoms with Crippen molar-refractivity contribution in [2.45, 2.75) is 43.2 Å². The summed E-state index contributed by atoms with van der Waals surface area (Å²) in [6.45, 7) is 0.940. The zero-order valence-corrected chi connectivity index (χ0v) is 17.6. The van der Waals surface area contributed by atoms with Crippen molar-refractivity contribution in [1.82, 2.24) is 24.5 Å². The van der Waals surface area contributed by atoms with Crippen LogP contribution in [0.15, 0.2) is 45.9 Å². The first kappa shape index (κ1) is 19.9. The third-order valence-electron chi connectivity index (χ3n) is 5.48. The van der Waals surface area contributed by atoms with Crippen LogP contribution in [0.3, 0.4) is 0 Å². The van der Waals surface area contributed by atoms with Crippen molar-refractivity contribution in [1.29, 1.82) is 0 Å². The molecule has 2 aromatic heterocycles. The molecule has 2 aliphatic rings. The van der Waals surface area contributed by atoms with E-state index in [4.69, 9.17) is 4.42 Å². The Balaban J connectivity index is 1.32. The standard InChI is InChI=1S/C20H22N6O4S/c27-20(17-9-10-18(30-17)31(28,29)25-11-2-1-3-12-25)21-15-6-4-5-14(13-15)19-22-23-24-26(19)16-7-8-16/h4-6,9-10,13,16H,1-3,7-8,11-12H2,(H,21,27). The molecule has 1 amide bonds. The number of hydrogen-bond donors (Lipinski definition) is 1. The molecule has 10 nitrogen and oxygen atoms in total. The number of tetrazole rings is 1. The number of nitrogens with one attached hydrogen (secondary N) is 1. The number of amides is 1. The fraction of sp³-hybridized carbons (Fsp3) is 0.400. The number of nitrogens with zero attached hydrogens (tertiary/aromatic N) is 5. The fourth-order valence-electron chi connectivity index (χ4n) is 3.69. The second kappa shape index (κ2) is 7.89. The van der Waals surface area contributed by atoms with E-state index in [0.717, 1.165) is 37.7 Å². The van der Waals surface area contributed by atoms with Gasteiger partial charge in [-0.05, 0) is 60.4 Å². The minimum absolute atomic E-state index is 0.0659. The maximum Gasteiger partial charge on any atom is 0.291 e. The molecule has 1 aliphatic carbocycles. The smallest absolute Gasteiger partial charge is 0.291 e. The number of carbonyl (C=O) groups excluding carboxylic acids is 1. The van der Waals surface area contributed by atoms with Gasteiger partial charge in [0, 0.05) is 24.3 Å². The largest absolute Gasteiger partial charge is 0.438 e. The minimum atomic E-state index is -3.73. The molecule has 1 aromatic carbocycles. The van der Waals surface area contributed by atoms with E-state index in [0.29, 0.717) is 30.6 Å². The minimum Gasteiger partial charge on any atom is -0.438 e. The molecular formula is C20H22N6O4S. The number of piperidine rings is 1. The van der Waals surface area contributed by atoms with Crippen LogP contribution in [0.25, 0.3) is 11.4 Å². The molecule has 0 spiro atoms. The third kappa shape index (κ3) is 3.98. The molecule has 162 valence electrons. The van der Waals surface area contributed by atoms with Gasteiger partial charge >= 0.3 is 0 Å². The van der Waals surface area contributed by atoms with Crippen molar-refractivity contribution < 1.29 is 17.6 Å². The highest BCUT2D eigenvalue weighted by molar-refractivity contribution is 7.89. The monoisotopic (exact) mass is 442 g/mol. The molecule has 1 saturated carbocycles. The number of sulfonamides is 1. The molecule has 31 heavy (non-hydrogen) atoms. The zero-order chi connectivity index (χ0) is 21.4. The first-order chi connectivity index (χ1) is 15.0. The number of carbonyl (C=O) groups is 1. The van der Waals surface area contributed by atoms with E-state index in [1.54, 1.807) is 22.9 Å². The van der Waals surface area contributed by atoms with Crippen LogP contribution in [0.5, 0.6) is 0 Å². The summed E-state index contributed by atoms with van der Waals surface area (Å²) < 4.78 is 34.1. The van der Waals surface area contributed by atoms with Crippen molar-refractivity contribution in [3.63, 3.8) is 0 Å². The van der Waals surface area contributed by atoms with Gasteiger partial charge in [-0.25, -0.2) is 13.1 Å². The summed E-state index contributed by atoms with van der Waals surface area (Å²) in [4.78, 5) is 12.7. The van der Waals surface area contributed by atoms with Gasteiger partial charge < -0.3 is 9.73 Å². The molecule has 1 aliphatic heterocycles. The van der Waals surface area contributed by atoms with Gasteiger partial charge in [0.05, 0.1) is 6.04 Å². The number of hydrogen-bond acceptors (Lipinski definition) is 7. The summed E-state index contributed by atoms with van der Waals surface area (Å²) in [5.74, 6) is 0.0503. The predicted octanol–water partition coefficient (Wildman–Crippen LogP) is 2.69. The molecule has 0 bridgehead atoms. The molecule has 0 atom stereocenters. The number of rotatable bonds is 6. The fourth-order valence-corrected chi connectivity index (χ4v) is 5.12. The highest BCUT2D eigenvalue weighted by atomic mass is 32.2. The van der Waals surface area contributed by atoms with Gasteiger partial charge in [-0.15, -0.1) is 5.10 Å². The van der Waals surface area contributed by atoms with Gasteiger partial charge in [-0.3, -0.25) is 4.79 Å². The van der Waals surface area contributed by atoms with Crippen LogP contribution in [0.2, 0.25) is 0 Å². The Morgan fingerprint density at radius 2 is 1.90 bits per heavy atom. The Morgan fingerprint density at radius 1 is 1.10 bits per heavy atom. The van der Waals surface area contributed by atoms with Gasteiger partial charge in [-0.1, -0.05) is 18.6 Å². The topological polar surface area (TPSA) is 123 Å². The summed E-state index contributed by atoms with van der Waals surface area (Å²) in [7, 11) is -3.73. The van der Waals surface area contributed by atoms with Crippen LogP contribution in [0, 0.1) is 0 Å². The molecule has 3 heterocycles. The average molecular weight is 443 g/mol. The lowest BCUT2D eigenvalue weighted by Gasteiger charge is -2.24. The summed E-state index contributed by atoms with van der Waals surface area (Å²) >= 11 is 0. The SMILES string of the molecule is O=C(Nc1cccc(-c2nnnn2C2CC2)c1)c1ccc(S(=O)(=O)N2CCCCC2)o1. The molecule has 5 rings (SSSR count). The van der Waals surface area contributed by atoms with E-state index in [1.165, 1.54) is 16.4 Å². The Bertz CT molecular complexity index is 1210. The first-order valence-corrected chi connectivity index (χ1v) is 11.8. The van der Waals surface area contributed by atoms with Gasteiger partial charge in [0.25, 0.3) is 15.9 Å². The lowest BCUT2D eigenvalue weighted by Crippen LogP contribution is -2.35. The van der Waals surface area contributed by atoms with Crippen LogP contribution in [-0.4, -0.2) is 51.9 Å². The summed E-state index contributed by atoms with van der Waals surface area (Å²) in [5, 5.41) is 14.5. The van der Waals surface area contributed by atoms with Gasteiger partial charge in [0.2, 0.25) is 5.09 Å². The van der Waals surface area contributed by atoms with Crippen LogP contribution in [-0.2, 0) is 10.0 Å². The second-order valence-corrected chi connectivity index (χ2v) is 9.67. The van der Waals surface area contributed by atoms with Crippen molar-refractivity contribution >= 4 is 21.6 Å². The molecule has 1 N–H and O–H groups in total. The molecule has 0 radical (unpaired) electrons. The average Bonchev–Trinajstić information content (AvgIpc) is 3.29.